The van der Waals surface area contributed by atoms with Crippen LogP contribution in [0.4, 0.5) is 4.79 Å². The Morgan fingerprint density at radius 3 is 2.06 bits per heavy atom. The molecule has 0 bridgehead atoms. The van der Waals surface area contributed by atoms with Crippen LogP contribution in [-0.4, -0.2) is 105 Å². The van der Waals surface area contributed by atoms with E-state index >= 15 is 0 Å². The van der Waals surface area contributed by atoms with Gasteiger partial charge in [-0.25, -0.2) is 4.79 Å². The number of esters is 3. The largest absolute Gasteiger partial charge is 0.463 e. The minimum Gasteiger partial charge on any atom is -0.463 e. The molecule has 0 saturated carbocycles. The van der Waals surface area contributed by atoms with E-state index in [0.29, 0.717) is 6.42 Å². The molecule has 0 aromatic heterocycles. The first-order valence-corrected chi connectivity index (χ1v) is 16.8. The number of hydrogen-bond acceptors (Lipinski definition) is 13. The molecular formula is C35H42N6O12. The van der Waals surface area contributed by atoms with Crippen LogP contribution >= 0.6 is 0 Å². The number of rotatable bonds is 16. The summed E-state index contributed by atoms with van der Waals surface area (Å²) >= 11 is 0. The summed E-state index contributed by atoms with van der Waals surface area (Å²) in [5.41, 5.74) is 12.6. The van der Waals surface area contributed by atoms with E-state index in [1.807, 2.05) is 48.5 Å². The monoisotopic (exact) mass is 738 g/mol. The number of carbonyl (C=O) groups excluding carboxylic acids is 6. The summed E-state index contributed by atoms with van der Waals surface area (Å²) in [5.74, 6) is -3.83. The zero-order valence-electron chi connectivity index (χ0n) is 29.6. The number of nitrogens with zero attached hydrogens (tertiary/aromatic N) is 3. The minimum absolute atomic E-state index is 0.0446. The minimum atomic E-state index is -1.50. The van der Waals surface area contributed by atoms with Crippen LogP contribution in [0.2, 0.25) is 0 Å². The first kappa shape index (κ1) is 40.1. The Hall–Kier alpha value is -5.71. The van der Waals surface area contributed by atoms with Gasteiger partial charge in [0.25, 0.3) is 0 Å². The van der Waals surface area contributed by atoms with Crippen LogP contribution in [0.5, 0.6) is 0 Å². The van der Waals surface area contributed by atoms with Crippen molar-refractivity contribution in [3.05, 3.63) is 70.1 Å². The van der Waals surface area contributed by atoms with Crippen LogP contribution < -0.4 is 16.0 Å². The Morgan fingerprint density at radius 1 is 0.849 bits per heavy atom. The lowest BCUT2D eigenvalue weighted by molar-refractivity contribution is -0.278. The van der Waals surface area contributed by atoms with Crippen molar-refractivity contribution in [3.8, 4) is 11.1 Å². The predicted molar refractivity (Wildman–Crippen MR) is 184 cm³/mol. The second-order valence-corrected chi connectivity index (χ2v) is 12.2. The highest BCUT2D eigenvalue weighted by Crippen LogP contribution is 2.44. The molecule has 284 valence electrons. The van der Waals surface area contributed by atoms with Crippen LogP contribution in [0.3, 0.4) is 0 Å². The number of hydrogen-bond donors (Lipinski definition) is 3. The van der Waals surface area contributed by atoms with Crippen molar-refractivity contribution in [2.24, 2.45) is 5.11 Å². The van der Waals surface area contributed by atoms with E-state index in [1.54, 1.807) is 0 Å². The lowest BCUT2D eigenvalue weighted by atomic mass is 9.96. The summed E-state index contributed by atoms with van der Waals surface area (Å²) in [6.07, 6.45) is -6.16. The van der Waals surface area contributed by atoms with Crippen LogP contribution in [0.1, 0.15) is 51.2 Å². The SMILES string of the molecule is CC(=O)N[C@H]1[C@@H](OC[C@H](NC(=O)OCC2c3ccccc3-c3ccccc32)C(=O)NCCCN=[N+]=[N-])O[C@H](COC(C)=O)[C@H](OC(C)=O)[C@@H]1OC(C)=O. The Kier molecular flexibility index (Phi) is 14.5. The van der Waals surface area contributed by atoms with Gasteiger partial charge in [0, 0.05) is 51.6 Å². The topological polar surface area (TPSA) is 243 Å². The zero-order chi connectivity index (χ0) is 38.5. The molecule has 1 saturated heterocycles. The van der Waals surface area contributed by atoms with E-state index in [1.165, 1.54) is 6.92 Å². The van der Waals surface area contributed by atoms with Crippen molar-refractivity contribution in [1.29, 1.82) is 0 Å². The summed E-state index contributed by atoms with van der Waals surface area (Å²) in [6.45, 7) is 3.64. The van der Waals surface area contributed by atoms with Crippen LogP contribution in [0, 0.1) is 0 Å². The molecule has 3 amide bonds. The van der Waals surface area contributed by atoms with Crippen molar-refractivity contribution in [2.75, 3.05) is 32.9 Å². The summed E-state index contributed by atoms with van der Waals surface area (Å²) in [5, 5.41) is 11.2. The molecule has 2 aliphatic rings. The average molecular weight is 739 g/mol. The van der Waals surface area contributed by atoms with Crippen LogP contribution in [0.25, 0.3) is 21.6 Å². The molecule has 18 heteroatoms. The van der Waals surface area contributed by atoms with Crippen LogP contribution in [-0.2, 0) is 52.4 Å². The van der Waals surface area contributed by atoms with Crippen molar-refractivity contribution in [2.45, 2.75) is 76.7 Å². The maximum Gasteiger partial charge on any atom is 0.407 e. The van der Waals surface area contributed by atoms with Gasteiger partial charge in [-0.3, -0.25) is 24.0 Å². The maximum absolute atomic E-state index is 13.4. The van der Waals surface area contributed by atoms with Gasteiger partial charge >= 0.3 is 24.0 Å². The third kappa shape index (κ3) is 11.1. The molecule has 2 aromatic carbocycles. The third-order valence-electron chi connectivity index (χ3n) is 8.25. The standard InChI is InChI=1S/C35H42N6O12/c1-19(42)39-30-32(52-22(4)45)31(51-21(3)44)29(18-48-20(2)43)53-34(30)49-17-28(33(46)37-14-9-15-38-41-36)40-35(47)50-16-27-25-12-7-5-10-23(25)24-11-6-8-13-26(24)27/h5-8,10-13,27-32,34H,9,14-18H2,1-4H3,(H,37,46)(H,39,42)(H,40,47)/t28-,29+,30+,31-,32+,34-/m0/s1. The quantitative estimate of drug-likeness (QED) is 0.0562. The molecule has 0 radical (unpaired) electrons. The Labute approximate surface area is 304 Å². The normalized spacial score (nSPS) is 20.6. The molecule has 18 nitrogen and oxygen atoms in total. The van der Waals surface area contributed by atoms with E-state index in [-0.39, 0.29) is 25.6 Å². The first-order valence-electron chi connectivity index (χ1n) is 16.8. The molecule has 3 N–H and O–H groups in total. The zero-order valence-corrected chi connectivity index (χ0v) is 29.6. The summed E-state index contributed by atoms with van der Waals surface area (Å²) in [6, 6.07) is 12.8. The lowest BCUT2D eigenvalue weighted by Gasteiger charge is -2.45. The molecule has 1 heterocycles. The molecule has 0 unspecified atom stereocenters. The van der Waals surface area contributed by atoms with Gasteiger partial charge in [-0.15, -0.1) is 0 Å². The third-order valence-corrected chi connectivity index (χ3v) is 8.25. The number of alkyl carbamates (subject to hydrolysis) is 1. The van der Waals surface area contributed by atoms with E-state index in [9.17, 15) is 28.8 Å². The fraction of sp³-hybridized carbons (Fsp3) is 0.486. The molecule has 1 aliphatic heterocycles. The highest BCUT2D eigenvalue weighted by molar-refractivity contribution is 5.86. The highest BCUT2D eigenvalue weighted by atomic mass is 16.7. The summed E-state index contributed by atoms with van der Waals surface area (Å²) in [7, 11) is 0. The number of carbonyl (C=O) groups is 6. The van der Waals surface area contributed by atoms with Gasteiger partial charge in [-0.1, -0.05) is 53.6 Å². The van der Waals surface area contributed by atoms with Gasteiger partial charge in [-0.2, -0.15) is 0 Å². The van der Waals surface area contributed by atoms with E-state index in [0.717, 1.165) is 43.0 Å². The number of amides is 3. The molecule has 6 atom stereocenters. The Bertz CT molecular complexity index is 1670. The molecule has 1 fully saturated rings. The van der Waals surface area contributed by atoms with Gasteiger partial charge < -0.3 is 44.4 Å². The number of ether oxygens (including phenoxy) is 6. The van der Waals surface area contributed by atoms with Crippen LogP contribution in [0.15, 0.2) is 53.6 Å². The van der Waals surface area contributed by atoms with Gasteiger partial charge in [0.15, 0.2) is 18.5 Å². The van der Waals surface area contributed by atoms with Gasteiger partial charge in [-0.05, 0) is 34.2 Å². The van der Waals surface area contributed by atoms with Gasteiger partial charge in [0.2, 0.25) is 11.8 Å². The number of fused-ring (bicyclic) bond motifs is 3. The van der Waals surface area contributed by atoms with E-state index < -0.39 is 85.7 Å². The van der Waals surface area contributed by atoms with Gasteiger partial charge in [0.05, 0.1) is 6.61 Å². The number of nitrogens with one attached hydrogen (secondary N) is 3. The molecule has 2 aromatic rings. The first-order chi connectivity index (χ1) is 25.4. The highest BCUT2D eigenvalue weighted by Gasteiger charge is 2.51. The Balaban J connectivity index is 1.54. The number of azide groups is 1. The van der Waals surface area contributed by atoms with Crippen molar-refractivity contribution in [3.63, 3.8) is 0 Å². The molecule has 1 aliphatic carbocycles. The molecular weight excluding hydrogens is 696 g/mol. The smallest absolute Gasteiger partial charge is 0.407 e. The average Bonchev–Trinajstić information content (AvgIpc) is 3.43. The molecule has 53 heavy (non-hydrogen) atoms. The predicted octanol–water partition coefficient (Wildman–Crippen LogP) is 2.38. The van der Waals surface area contributed by atoms with Crippen molar-refractivity contribution >= 4 is 35.8 Å². The maximum atomic E-state index is 13.4. The van der Waals surface area contributed by atoms with E-state index in [4.69, 9.17) is 34.0 Å². The second-order valence-electron chi connectivity index (χ2n) is 12.2. The fourth-order valence-electron chi connectivity index (χ4n) is 6.12. The number of benzene rings is 2. The van der Waals surface area contributed by atoms with E-state index in [2.05, 4.69) is 26.0 Å². The Morgan fingerprint density at radius 2 is 1.47 bits per heavy atom. The molecule has 0 spiro atoms. The lowest BCUT2D eigenvalue weighted by Crippen LogP contribution is -2.67. The van der Waals surface area contributed by atoms with Crippen molar-refractivity contribution in [1.82, 2.24) is 16.0 Å². The van der Waals surface area contributed by atoms with Crippen molar-refractivity contribution < 1.29 is 57.2 Å². The van der Waals surface area contributed by atoms with Gasteiger partial charge in [0.1, 0.15) is 31.4 Å². The fourth-order valence-corrected chi connectivity index (χ4v) is 6.12. The second kappa shape index (κ2) is 19.2. The summed E-state index contributed by atoms with van der Waals surface area (Å²) in [4.78, 5) is 77.6. The molecule has 4 rings (SSSR count). The summed E-state index contributed by atoms with van der Waals surface area (Å²) < 4.78 is 33.6.